The van der Waals surface area contributed by atoms with Crippen LogP contribution in [0.4, 0.5) is 0 Å². The van der Waals surface area contributed by atoms with Gasteiger partial charge in [0.2, 0.25) is 5.75 Å². The maximum Gasteiger partial charge on any atom is 0.343 e. The van der Waals surface area contributed by atoms with Gasteiger partial charge in [-0.15, -0.1) is 0 Å². The van der Waals surface area contributed by atoms with E-state index in [-0.39, 0.29) is 33.5 Å². The molecule has 0 radical (unpaired) electrons. The Morgan fingerprint density at radius 3 is 2.40 bits per heavy atom. The van der Waals surface area contributed by atoms with Gasteiger partial charge in [-0.2, -0.15) is 0 Å². The summed E-state index contributed by atoms with van der Waals surface area (Å²) in [6.45, 7) is 4.13. The second-order valence-electron chi connectivity index (χ2n) is 10.9. The number of benzene rings is 2. The first-order chi connectivity index (χ1) is 22.4. The molecular formula is C33H32Cl2N2O10. The van der Waals surface area contributed by atoms with E-state index in [2.05, 4.69) is 10.3 Å². The Hall–Kier alpha value is -4.68. The Labute approximate surface area is 280 Å². The average Bonchev–Trinajstić information content (AvgIpc) is 3.08. The quantitative estimate of drug-likeness (QED) is 0.247. The number of amides is 1. The first-order valence-electron chi connectivity index (χ1n) is 14.5. The predicted molar refractivity (Wildman–Crippen MR) is 168 cm³/mol. The standard InChI is InChI=1S/C33H32Cl2N2O10/c1-17(2)30(39)46-27-18(3)45-33(42)24(16-44-32(41)21(27)14-19-8-6-5-7-9-19)37-29(38)26-28(25(43-4)12-13-36-26)47-31(40)20-10-11-22(34)23(35)15-20/h5-13,15,17-18,21,24,27H,14,16H2,1-4H3,(H,37,38)/t18-,21+,24?,27?/m0/s1. The number of methoxy groups -OCH3 is 1. The van der Waals surface area contributed by atoms with Crippen molar-refractivity contribution in [3.63, 3.8) is 0 Å². The SMILES string of the molecule is COc1ccnc(C(=O)NC2COC(=O)[C@H](Cc3ccccc3)C(OC(=O)C(C)C)[C@H](C)OC2=O)c1OC(=O)c1ccc(Cl)c(Cl)c1. The second-order valence-corrected chi connectivity index (χ2v) is 11.7. The summed E-state index contributed by atoms with van der Waals surface area (Å²) in [5, 5.41) is 2.76. The van der Waals surface area contributed by atoms with E-state index in [1.165, 1.54) is 44.5 Å². The number of nitrogens with one attached hydrogen (secondary N) is 1. The Bertz CT molecular complexity index is 1650. The van der Waals surface area contributed by atoms with Gasteiger partial charge < -0.3 is 29.0 Å². The van der Waals surface area contributed by atoms with Gasteiger partial charge in [0, 0.05) is 12.3 Å². The molecule has 0 aliphatic carbocycles. The minimum absolute atomic E-state index is 0.0192. The molecule has 1 fully saturated rings. The maximum absolute atomic E-state index is 13.5. The number of carbonyl (C=O) groups is 5. The lowest BCUT2D eigenvalue weighted by molar-refractivity contribution is -0.176. The number of pyridine rings is 1. The number of hydrogen-bond acceptors (Lipinski definition) is 11. The molecule has 2 aromatic carbocycles. The minimum atomic E-state index is -1.52. The third-order valence-electron chi connectivity index (χ3n) is 7.12. The molecule has 1 N–H and O–H groups in total. The molecule has 4 atom stereocenters. The van der Waals surface area contributed by atoms with E-state index in [1.54, 1.807) is 38.1 Å². The van der Waals surface area contributed by atoms with Gasteiger partial charge in [0.15, 0.2) is 23.6 Å². The van der Waals surface area contributed by atoms with Gasteiger partial charge in [-0.3, -0.25) is 14.4 Å². The Kier molecular flexibility index (Phi) is 11.8. The second kappa shape index (κ2) is 15.7. The van der Waals surface area contributed by atoms with Crippen LogP contribution in [-0.2, 0) is 35.0 Å². The summed E-state index contributed by atoms with van der Waals surface area (Å²) in [5.41, 5.74) is 0.361. The largest absolute Gasteiger partial charge is 0.493 e. The van der Waals surface area contributed by atoms with Crippen LogP contribution in [0.2, 0.25) is 10.0 Å². The molecule has 2 heterocycles. The summed E-state index contributed by atoms with van der Waals surface area (Å²) in [6.07, 6.45) is -0.948. The first-order valence-corrected chi connectivity index (χ1v) is 15.3. The summed E-state index contributed by atoms with van der Waals surface area (Å²) in [4.78, 5) is 70.0. The third kappa shape index (κ3) is 8.78. The number of rotatable bonds is 9. The van der Waals surface area contributed by atoms with E-state index in [0.717, 1.165) is 5.56 Å². The molecule has 1 aromatic heterocycles. The minimum Gasteiger partial charge on any atom is -0.493 e. The lowest BCUT2D eigenvalue weighted by Gasteiger charge is -2.29. The zero-order chi connectivity index (χ0) is 34.2. The Morgan fingerprint density at radius 2 is 1.74 bits per heavy atom. The summed E-state index contributed by atoms with van der Waals surface area (Å²) < 4.78 is 27.6. The number of cyclic esters (lactones) is 2. The molecule has 12 nitrogen and oxygen atoms in total. The lowest BCUT2D eigenvalue weighted by Crippen LogP contribution is -2.47. The van der Waals surface area contributed by atoms with E-state index in [1.807, 2.05) is 6.07 Å². The lowest BCUT2D eigenvalue weighted by atomic mass is 9.91. The van der Waals surface area contributed by atoms with Gasteiger partial charge in [-0.25, -0.2) is 14.6 Å². The number of nitrogens with zero attached hydrogens (tertiary/aromatic N) is 1. The van der Waals surface area contributed by atoms with Crippen LogP contribution in [0.5, 0.6) is 11.5 Å². The number of ether oxygens (including phenoxy) is 5. The van der Waals surface area contributed by atoms with Crippen LogP contribution in [0.1, 0.15) is 47.2 Å². The van der Waals surface area contributed by atoms with Crippen LogP contribution in [0.3, 0.4) is 0 Å². The molecule has 248 valence electrons. The molecule has 1 amide bonds. The molecule has 47 heavy (non-hydrogen) atoms. The van der Waals surface area contributed by atoms with E-state index in [4.69, 9.17) is 46.9 Å². The highest BCUT2D eigenvalue weighted by molar-refractivity contribution is 6.42. The molecule has 3 aromatic rings. The molecule has 2 unspecified atom stereocenters. The normalized spacial score (nSPS) is 19.7. The van der Waals surface area contributed by atoms with Gasteiger partial charge >= 0.3 is 23.9 Å². The zero-order valence-corrected chi connectivity index (χ0v) is 27.4. The van der Waals surface area contributed by atoms with Gasteiger partial charge in [-0.1, -0.05) is 67.4 Å². The average molecular weight is 688 g/mol. The number of carbonyl (C=O) groups excluding carboxylic acids is 5. The van der Waals surface area contributed by atoms with Crippen molar-refractivity contribution < 1.29 is 47.7 Å². The monoisotopic (exact) mass is 686 g/mol. The van der Waals surface area contributed by atoms with Crippen molar-refractivity contribution in [1.29, 1.82) is 0 Å². The van der Waals surface area contributed by atoms with Crippen molar-refractivity contribution in [3.8, 4) is 11.5 Å². The van der Waals surface area contributed by atoms with E-state index >= 15 is 0 Å². The number of halogens is 2. The van der Waals surface area contributed by atoms with Gasteiger partial charge in [-0.05, 0) is 37.1 Å². The first kappa shape index (κ1) is 35.2. The molecule has 1 aliphatic rings. The van der Waals surface area contributed by atoms with Gasteiger partial charge in [0.25, 0.3) is 5.91 Å². The van der Waals surface area contributed by atoms with Crippen LogP contribution in [0, 0.1) is 11.8 Å². The summed E-state index contributed by atoms with van der Waals surface area (Å²) >= 11 is 12.0. The van der Waals surface area contributed by atoms with Crippen LogP contribution in [0.25, 0.3) is 0 Å². The van der Waals surface area contributed by atoms with Crippen molar-refractivity contribution in [2.75, 3.05) is 13.7 Å². The summed E-state index contributed by atoms with van der Waals surface area (Å²) in [6, 6.07) is 12.9. The van der Waals surface area contributed by atoms with Gasteiger partial charge in [0.1, 0.15) is 18.6 Å². The molecule has 0 saturated carbocycles. The Morgan fingerprint density at radius 1 is 1.02 bits per heavy atom. The third-order valence-corrected chi connectivity index (χ3v) is 7.86. The fraction of sp³-hybridized carbons (Fsp3) is 0.333. The predicted octanol–water partition coefficient (Wildman–Crippen LogP) is 4.63. The van der Waals surface area contributed by atoms with Gasteiger partial charge in [0.05, 0.1) is 28.6 Å². The molecule has 1 saturated heterocycles. The Balaban J connectivity index is 1.60. The smallest absolute Gasteiger partial charge is 0.343 e. The topological polar surface area (TPSA) is 156 Å². The zero-order valence-electron chi connectivity index (χ0n) is 25.9. The number of hydrogen-bond donors (Lipinski definition) is 1. The van der Waals surface area contributed by atoms with Crippen LogP contribution in [0.15, 0.2) is 60.8 Å². The fourth-order valence-electron chi connectivity index (χ4n) is 4.60. The molecule has 14 heteroatoms. The number of esters is 4. The van der Waals surface area contributed by atoms with Crippen molar-refractivity contribution in [2.45, 2.75) is 45.4 Å². The molecular weight excluding hydrogens is 655 g/mol. The van der Waals surface area contributed by atoms with E-state index in [9.17, 15) is 24.0 Å². The molecule has 4 rings (SSSR count). The summed E-state index contributed by atoms with van der Waals surface area (Å²) in [5.74, 6) is -6.15. The van der Waals surface area contributed by atoms with Crippen LogP contribution >= 0.6 is 23.2 Å². The van der Waals surface area contributed by atoms with E-state index < -0.39 is 72.2 Å². The molecule has 0 bridgehead atoms. The van der Waals surface area contributed by atoms with Crippen molar-refractivity contribution in [1.82, 2.24) is 10.3 Å². The van der Waals surface area contributed by atoms with Crippen LogP contribution in [-0.4, -0.2) is 66.7 Å². The van der Waals surface area contributed by atoms with E-state index in [0.29, 0.717) is 0 Å². The number of aromatic nitrogens is 1. The highest BCUT2D eigenvalue weighted by Gasteiger charge is 2.42. The molecule has 0 spiro atoms. The van der Waals surface area contributed by atoms with Crippen molar-refractivity contribution in [3.05, 3.63) is 87.7 Å². The summed E-state index contributed by atoms with van der Waals surface area (Å²) in [7, 11) is 1.29. The van der Waals surface area contributed by atoms with Crippen molar-refractivity contribution in [2.24, 2.45) is 11.8 Å². The highest BCUT2D eigenvalue weighted by atomic mass is 35.5. The van der Waals surface area contributed by atoms with Crippen molar-refractivity contribution >= 4 is 53.0 Å². The maximum atomic E-state index is 13.5. The highest BCUT2D eigenvalue weighted by Crippen LogP contribution is 2.32. The fourth-order valence-corrected chi connectivity index (χ4v) is 4.90. The van der Waals surface area contributed by atoms with Crippen LogP contribution < -0.4 is 14.8 Å². The molecule has 1 aliphatic heterocycles.